The number of nitrogens with zero attached hydrogens (tertiary/aromatic N) is 1. The van der Waals surface area contributed by atoms with E-state index in [1.54, 1.807) is 0 Å². The first kappa shape index (κ1) is 11.3. The number of rotatable bonds is 1. The van der Waals surface area contributed by atoms with E-state index in [1.165, 1.54) is 38.5 Å². The molecule has 4 aliphatic rings. The van der Waals surface area contributed by atoms with Gasteiger partial charge in [-0.1, -0.05) is 12.8 Å². The lowest BCUT2D eigenvalue weighted by molar-refractivity contribution is -0.132. The summed E-state index contributed by atoms with van der Waals surface area (Å²) in [6, 6.07) is 0.356. The van der Waals surface area contributed by atoms with E-state index in [9.17, 15) is 4.79 Å². The molecule has 0 radical (unpaired) electrons. The molecule has 0 spiro atoms. The van der Waals surface area contributed by atoms with Crippen LogP contribution in [-0.4, -0.2) is 29.9 Å². The second-order valence-electron chi connectivity index (χ2n) is 7.05. The number of amides is 1. The highest BCUT2D eigenvalue weighted by molar-refractivity contribution is 5.82. The Bertz CT molecular complexity index is 358. The molecule has 3 saturated carbocycles. The number of hydrogen-bond donors (Lipinski definition) is 1. The largest absolute Gasteiger partial charge is 0.342 e. The van der Waals surface area contributed by atoms with E-state index < -0.39 is 0 Å². The van der Waals surface area contributed by atoms with Crippen LogP contribution in [0.15, 0.2) is 0 Å². The van der Waals surface area contributed by atoms with Gasteiger partial charge in [0.25, 0.3) is 0 Å². The molecule has 3 nitrogen and oxygen atoms in total. The molecule has 1 aliphatic heterocycles. The van der Waals surface area contributed by atoms with Gasteiger partial charge in [0.2, 0.25) is 5.91 Å². The SMILES string of the molecule is NC1CCC2CN(C(=O)C3C4CCCCC43)CC12. The van der Waals surface area contributed by atoms with E-state index in [4.69, 9.17) is 5.73 Å². The van der Waals surface area contributed by atoms with Crippen molar-refractivity contribution in [1.82, 2.24) is 4.90 Å². The van der Waals surface area contributed by atoms with E-state index in [-0.39, 0.29) is 0 Å². The Hall–Kier alpha value is -0.570. The number of fused-ring (bicyclic) bond motifs is 2. The smallest absolute Gasteiger partial charge is 0.226 e. The molecule has 18 heavy (non-hydrogen) atoms. The number of hydrogen-bond acceptors (Lipinski definition) is 2. The third kappa shape index (κ3) is 1.56. The summed E-state index contributed by atoms with van der Waals surface area (Å²) in [6.45, 7) is 1.97. The number of carbonyl (C=O) groups is 1. The molecule has 1 saturated heterocycles. The van der Waals surface area contributed by atoms with Crippen molar-refractivity contribution in [2.24, 2.45) is 35.3 Å². The minimum atomic E-state index is 0.356. The van der Waals surface area contributed by atoms with Crippen molar-refractivity contribution < 1.29 is 4.79 Å². The summed E-state index contributed by atoms with van der Waals surface area (Å²) in [5.74, 6) is 3.70. The van der Waals surface area contributed by atoms with Crippen molar-refractivity contribution >= 4 is 5.91 Å². The highest BCUT2D eigenvalue weighted by atomic mass is 16.2. The molecule has 100 valence electrons. The molecule has 0 aromatic rings. The Morgan fingerprint density at radius 1 is 0.944 bits per heavy atom. The lowest BCUT2D eigenvalue weighted by Gasteiger charge is -2.19. The van der Waals surface area contributed by atoms with Gasteiger partial charge in [-0.15, -0.1) is 0 Å². The second-order valence-corrected chi connectivity index (χ2v) is 7.05. The van der Waals surface area contributed by atoms with Crippen molar-refractivity contribution in [1.29, 1.82) is 0 Å². The summed E-state index contributed by atoms with van der Waals surface area (Å²) in [4.78, 5) is 14.8. The monoisotopic (exact) mass is 248 g/mol. The molecule has 5 unspecified atom stereocenters. The fraction of sp³-hybridized carbons (Fsp3) is 0.933. The van der Waals surface area contributed by atoms with Crippen LogP contribution < -0.4 is 5.73 Å². The van der Waals surface area contributed by atoms with Gasteiger partial charge in [0, 0.05) is 25.0 Å². The lowest BCUT2D eigenvalue weighted by Crippen LogP contribution is -2.34. The zero-order chi connectivity index (χ0) is 12.3. The first-order chi connectivity index (χ1) is 8.75. The molecule has 0 aromatic heterocycles. The third-order valence-corrected chi connectivity index (χ3v) is 6.17. The molecule has 3 heteroatoms. The molecule has 1 amide bonds. The van der Waals surface area contributed by atoms with Crippen LogP contribution in [-0.2, 0) is 4.79 Å². The van der Waals surface area contributed by atoms with Gasteiger partial charge in [-0.25, -0.2) is 0 Å². The van der Waals surface area contributed by atoms with E-state index in [1.807, 2.05) is 0 Å². The normalized spacial score (nSPS) is 49.9. The summed E-state index contributed by atoms with van der Waals surface area (Å²) in [7, 11) is 0. The van der Waals surface area contributed by atoms with E-state index in [2.05, 4.69) is 4.90 Å². The topological polar surface area (TPSA) is 46.3 Å². The van der Waals surface area contributed by atoms with Gasteiger partial charge >= 0.3 is 0 Å². The fourth-order valence-corrected chi connectivity index (χ4v) is 5.06. The summed E-state index contributed by atoms with van der Waals surface area (Å²) in [6.07, 6.45) is 7.73. The van der Waals surface area contributed by atoms with Gasteiger partial charge in [0.05, 0.1) is 0 Å². The predicted molar refractivity (Wildman–Crippen MR) is 69.7 cm³/mol. The van der Waals surface area contributed by atoms with Gasteiger partial charge in [-0.2, -0.15) is 0 Å². The molecular weight excluding hydrogens is 224 g/mol. The Labute approximate surface area is 109 Å². The van der Waals surface area contributed by atoms with Gasteiger partial charge in [0.1, 0.15) is 0 Å². The van der Waals surface area contributed by atoms with E-state index in [0.29, 0.717) is 29.7 Å². The van der Waals surface area contributed by atoms with Crippen LogP contribution in [0.25, 0.3) is 0 Å². The predicted octanol–water partition coefficient (Wildman–Crippen LogP) is 1.62. The zero-order valence-corrected chi connectivity index (χ0v) is 11.1. The summed E-state index contributed by atoms with van der Waals surface area (Å²) in [5.41, 5.74) is 6.15. The zero-order valence-electron chi connectivity index (χ0n) is 11.1. The fourth-order valence-electron chi connectivity index (χ4n) is 5.06. The highest BCUT2D eigenvalue weighted by Gasteiger charge is 2.57. The first-order valence-electron chi connectivity index (χ1n) is 7.80. The molecule has 3 aliphatic carbocycles. The highest BCUT2D eigenvalue weighted by Crippen LogP contribution is 2.56. The minimum absolute atomic E-state index is 0.356. The summed E-state index contributed by atoms with van der Waals surface area (Å²) >= 11 is 0. The Kier molecular flexibility index (Phi) is 2.48. The molecule has 1 heterocycles. The van der Waals surface area contributed by atoms with Crippen LogP contribution >= 0.6 is 0 Å². The van der Waals surface area contributed by atoms with Crippen LogP contribution in [0.4, 0.5) is 0 Å². The van der Waals surface area contributed by atoms with Crippen LogP contribution in [0.3, 0.4) is 0 Å². The van der Waals surface area contributed by atoms with Crippen molar-refractivity contribution in [2.75, 3.05) is 13.1 Å². The van der Waals surface area contributed by atoms with Crippen molar-refractivity contribution in [3.05, 3.63) is 0 Å². The van der Waals surface area contributed by atoms with Crippen LogP contribution in [0.5, 0.6) is 0 Å². The minimum Gasteiger partial charge on any atom is -0.342 e. The first-order valence-corrected chi connectivity index (χ1v) is 7.80. The average Bonchev–Trinajstić information content (AvgIpc) is 2.78. The van der Waals surface area contributed by atoms with E-state index in [0.717, 1.165) is 24.9 Å². The van der Waals surface area contributed by atoms with Crippen LogP contribution in [0.2, 0.25) is 0 Å². The summed E-state index contributed by atoms with van der Waals surface area (Å²) in [5, 5.41) is 0. The average molecular weight is 248 g/mol. The Balaban J connectivity index is 1.42. The maximum absolute atomic E-state index is 12.6. The van der Waals surface area contributed by atoms with Crippen molar-refractivity contribution in [3.8, 4) is 0 Å². The number of nitrogens with two attached hydrogens (primary N) is 1. The lowest BCUT2D eigenvalue weighted by atomic mass is 9.98. The van der Waals surface area contributed by atoms with Gasteiger partial charge < -0.3 is 10.6 Å². The number of likely N-dealkylation sites (tertiary alicyclic amines) is 1. The Morgan fingerprint density at radius 2 is 1.67 bits per heavy atom. The standard InChI is InChI=1S/C15H24N2O/c16-13-6-5-9-7-17(8-12(9)13)15(18)14-10-3-1-2-4-11(10)14/h9-14H,1-8,16H2. The maximum Gasteiger partial charge on any atom is 0.226 e. The number of carbonyl (C=O) groups excluding carboxylic acids is 1. The second kappa shape index (κ2) is 3.96. The quantitative estimate of drug-likeness (QED) is 0.766. The molecule has 0 bridgehead atoms. The van der Waals surface area contributed by atoms with Gasteiger partial charge in [0.15, 0.2) is 0 Å². The molecule has 5 atom stereocenters. The molecule has 4 fully saturated rings. The van der Waals surface area contributed by atoms with E-state index >= 15 is 0 Å². The molecule has 4 rings (SSSR count). The molecular formula is C15H24N2O. The van der Waals surface area contributed by atoms with Crippen molar-refractivity contribution in [3.63, 3.8) is 0 Å². The molecule has 2 N–H and O–H groups in total. The maximum atomic E-state index is 12.6. The van der Waals surface area contributed by atoms with Gasteiger partial charge in [-0.05, 0) is 49.4 Å². The van der Waals surface area contributed by atoms with Crippen LogP contribution in [0.1, 0.15) is 38.5 Å². The third-order valence-electron chi connectivity index (χ3n) is 6.17. The molecule has 0 aromatic carbocycles. The van der Waals surface area contributed by atoms with Gasteiger partial charge in [-0.3, -0.25) is 4.79 Å². The van der Waals surface area contributed by atoms with Crippen LogP contribution in [0, 0.1) is 29.6 Å². The summed E-state index contributed by atoms with van der Waals surface area (Å²) < 4.78 is 0. The Morgan fingerprint density at radius 3 is 2.33 bits per heavy atom. The van der Waals surface area contributed by atoms with Crippen molar-refractivity contribution in [2.45, 2.75) is 44.6 Å².